The summed E-state index contributed by atoms with van der Waals surface area (Å²) in [5.74, 6) is 2.00. The van der Waals surface area contributed by atoms with E-state index in [2.05, 4.69) is 30.8 Å². The summed E-state index contributed by atoms with van der Waals surface area (Å²) in [5, 5.41) is 0. The van der Waals surface area contributed by atoms with Crippen molar-refractivity contribution in [3.63, 3.8) is 0 Å². The van der Waals surface area contributed by atoms with Gasteiger partial charge in [-0.1, -0.05) is 42.5 Å². The molecule has 22 heavy (non-hydrogen) atoms. The van der Waals surface area contributed by atoms with E-state index in [1.54, 1.807) is 23.5 Å². The fourth-order valence-electron chi connectivity index (χ4n) is 2.10. The number of rotatable bonds is 10. The van der Waals surface area contributed by atoms with E-state index in [0.29, 0.717) is 0 Å². The van der Waals surface area contributed by atoms with Crippen LogP contribution in [0.5, 0.6) is 0 Å². The van der Waals surface area contributed by atoms with Gasteiger partial charge in [0.2, 0.25) is 0 Å². The highest BCUT2D eigenvalue weighted by atomic mass is 32.2. The van der Waals surface area contributed by atoms with Gasteiger partial charge in [-0.15, -0.1) is 23.5 Å². The third-order valence-electron chi connectivity index (χ3n) is 3.09. The number of thioether (sulfide) groups is 2. The quantitative estimate of drug-likeness (QED) is 0.306. The molecule has 0 aliphatic carbocycles. The molecule has 0 atom stereocenters. The van der Waals surface area contributed by atoms with Gasteiger partial charge in [0.1, 0.15) is 3.53 Å². The van der Waals surface area contributed by atoms with Crippen LogP contribution in [0.2, 0.25) is 12.6 Å². The molecule has 0 amide bonds. The van der Waals surface area contributed by atoms with Crippen LogP contribution in [0.15, 0.2) is 30.3 Å². The molecule has 0 saturated carbocycles. The average Bonchev–Trinajstić information content (AvgIpc) is 2.51. The molecule has 0 saturated heterocycles. The van der Waals surface area contributed by atoms with Crippen LogP contribution in [-0.4, -0.2) is 31.1 Å². The maximum Gasteiger partial charge on any atom is 0.334 e. The average molecular weight is 375 g/mol. The Bertz CT molecular complexity index is 423. The SMILES string of the molecule is CCO[Si](C)(CCCSC(=S)SCc1ccccc1)OCC. The Morgan fingerprint density at radius 1 is 1.09 bits per heavy atom. The zero-order chi connectivity index (χ0) is 16.3. The summed E-state index contributed by atoms with van der Waals surface area (Å²) in [4.78, 5) is 0. The fraction of sp³-hybridized carbons (Fsp3) is 0.562. The van der Waals surface area contributed by atoms with Crippen LogP contribution in [0.3, 0.4) is 0 Å². The Hall–Kier alpha value is 0.147. The highest BCUT2D eigenvalue weighted by Crippen LogP contribution is 2.24. The molecule has 0 fully saturated rings. The predicted molar refractivity (Wildman–Crippen MR) is 107 cm³/mol. The third kappa shape index (κ3) is 8.69. The molecule has 0 bridgehead atoms. The van der Waals surface area contributed by atoms with Crippen molar-refractivity contribution in [2.24, 2.45) is 0 Å². The molecule has 0 aliphatic rings. The maximum atomic E-state index is 5.85. The van der Waals surface area contributed by atoms with Crippen molar-refractivity contribution in [3.8, 4) is 0 Å². The van der Waals surface area contributed by atoms with Crippen LogP contribution in [0.4, 0.5) is 0 Å². The molecule has 0 heterocycles. The highest BCUT2D eigenvalue weighted by molar-refractivity contribution is 8.46. The van der Waals surface area contributed by atoms with Gasteiger partial charge >= 0.3 is 8.56 Å². The van der Waals surface area contributed by atoms with E-state index >= 15 is 0 Å². The van der Waals surface area contributed by atoms with E-state index in [4.69, 9.17) is 21.1 Å². The summed E-state index contributed by atoms with van der Waals surface area (Å²) >= 11 is 8.97. The first kappa shape index (κ1) is 20.2. The Labute approximate surface area is 150 Å². The van der Waals surface area contributed by atoms with E-state index in [-0.39, 0.29) is 0 Å². The smallest absolute Gasteiger partial charge is 0.334 e. The third-order valence-corrected chi connectivity index (χ3v) is 9.01. The van der Waals surface area contributed by atoms with Crippen LogP contribution in [0.1, 0.15) is 25.8 Å². The summed E-state index contributed by atoms with van der Waals surface area (Å²) < 4.78 is 12.7. The van der Waals surface area contributed by atoms with Crippen LogP contribution in [0, 0.1) is 0 Å². The molecule has 0 radical (unpaired) electrons. The van der Waals surface area contributed by atoms with Gasteiger partial charge in [-0.3, -0.25) is 0 Å². The van der Waals surface area contributed by atoms with E-state index in [0.717, 1.165) is 40.7 Å². The molecule has 1 aromatic carbocycles. The molecule has 124 valence electrons. The largest absolute Gasteiger partial charge is 0.395 e. The van der Waals surface area contributed by atoms with Crippen molar-refractivity contribution in [3.05, 3.63) is 35.9 Å². The molecular formula is C16H26O2S3Si. The Morgan fingerprint density at radius 3 is 2.32 bits per heavy atom. The van der Waals surface area contributed by atoms with Crippen molar-refractivity contribution in [2.75, 3.05) is 19.0 Å². The number of benzene rings is 1. The summed E-state index contributed by atoms with van der Waals surface area (Å²) in [5.41, 5.74) is 1.32. The second kappa shape index (κ2) is 11.6. The van der Waals surface area contributed by atoms with Crippen LogP contribution >= 0.6 is 35.7 Å². The lowest BCUT2D eigenvalue weighted by atomic mass is 10.2. The van der Waals surface area contributed by atoms with Gasteiger partial charge in [-0.2, -0.15) is 0 Å². The minimum Gasteiger partial charge on any atom is -0.395 e. The van der Waals surface area contributed by atoms with Gasteiger partial charge in [0.25, 0.3) is 0 Å². The van der Waals surface area contributed by atoms with E-state index in [1.807, 2.05) is 19.9 Å². The van der Waals surface area contributed by atoms with E-state index in [1.165, 1.54) is 5.56 Å². The van der Waals surface area contributed by atoms with Crippen LogP contribution in [-0.2, 0) is 14.6 Å². The maximum absolute atomic E-state index is 5.85. The topological polar surface area (TPSA) is 18.5 Å². The van der Waals surface area contributed by atoms with Crippen molar-refractivity contribution >= 4 is 47.8 Å². The Balaban J connectivity index is 2.19. The fourth-order valence-corrected chi connectivity index (χ4v) is 6.89. The van der Waals surface area contributed by atoms with Crippen molar-refractivity contribution < 1.29 is 8.85 Å². The molecule has 1 aromatic rings. The summed E-state index contributed by atoms with van der Waals surface area (Å²) in [6.45, 7) is 7.71. The molecule has 0 unspecified atom stereocenters. The second-order valence-electron chi connectivity index (χ2n) is 4.98. The summed E-state index contributed by atoms with van der Waals surface area (Å²) in [6.07, 6.45) is 1.10. The molecular weight excluding hydrogens is 348 g/mol. The number of hydrogen-bond acceptors (Lipinski definition) is 5. The summed E-state index contributed by atoms with van der Waals surface area (Å²) in [7, 11) is -1.96. The number of thiocarbonyl (C=S) groups is 1. The molecule has 0 aromatic heterocycles. The molecule has 1 rings (SSSR count). The van der Waals surface area contributed by atoms with Crippen molar-refractivity contribution in [1.82, 2.24) is 0 Å². The van der Waals surface area contributed by atoms with Gasteiger partial charge in [-0.25, -0.2) is 0 Å². The lowest BCUT2D eigenvalue weighted by Gasteiger charge is -2.25. The predicted octanol–water partition coefficient (Wildman–Crippen LogP) is 5.47. The lowest BCUT2D eigenvalue weighted by Crippen LogP contribution is -2.38. The molecule has 6 heteroatoms. The van der Waals surface area contributed by atoms with Crippen LogP contribution < -0.4 is 0 Å². The minimum atomic E-state index is -1.96. The van der Waals surface area contributed by atoms with Gasteiger partial charge in [-0.05, 0) is 44.2 Å². The number of hydrogen-bond donors (Lipinski definition) is 0. The zero-order valence-electron chi connectivity index (χ0n) is 13.7. The Morgan fingerprint density at radius 2 is 1.73 bits per heavy atom. The van der Waals surface area contributed by atoms with E-state index in [9.17, 15) is 0 Å². The molecule has 0 spiro atoms. The highest BCUT2D eigenvalue weighted by Gasteiger charge is 2.29. The molecule has 0 aliphatic heterocycles. The zero-order valence-corrected chi connectivity index (χ0v) is 17.1. The van der Waals surface area contributed by atoms with Gasteiger partial charge < -0.3 is 8.85 Å². The Kier molecular flexibility index (Phi) is 10.7. The van der Waals surface area contributed by atoms with Gasteiger partial charge in [0.15, 0.2) is 0 Å². The molecule has 2 nitrogen and oxygen atoms in total. The van der Waals surface area contributed by atoms with E-state index < -0.39 is 8.56 Å². The normalized spacial score (nSPS) is 11.6. The lowest BCUT2D eigenvalue weighted by molar-refractivity contribution is 0.189. The first-order valence-corrected chi connectivity index (χ1v) is 12.6. The van der Waals surface area contributed by atoms with Crippen LogP contribution in [0.25, 0.3) is 0 Å². The van der Waals surface area contributed by atoms with Gasteiger partial charge in [0, 0.05) is 19.0 Å². The van der Waals surface area contributed by atoms with Crippen molar-refractivity contribution in [1.29, 1.82) is 0 Å². The van der Waals surface area contributed by atoms with Crippen molar-refractivity contribution in [2.45, 2.75) is 38.6 Å². The minimum absolute atomic E-state index is 0.737. The monoisotopic (exact) mass is 374 g/mol. The van der Waals surface area contributed by atoms with Gasteiger partial charge in [0.05, 0.1) is 0 Å². The summed E-state index contributed by atoms with van der Waals surface area (Å²) in [6, 6.07) is 11.5. The second-order valence-corrected chi connectivity index (χ2v) is 11.6. The molecule has 0 N–H and O–H groups in total. The first-order valence-electron chi connectivity index (χ1n) is 7.71. The standard InChI is InChI=1S/C16H26O2S3Si/c1-4-17-22(3,18-5-2)13-9-12-20-16(19)21-14-15-10-7-6-8-11-15/h6-8,10-11H,4-5,9,12-14H2,1-3H3. The first-order chi connectivity index (χ1) is 10.6.